The van der Waals surface area contributed by atoms with Crippen molar-refractivity contribution in [1.29, 1.82) is 0 Å². The number of nitrogens with zero attached hydrogens (tertiary/aromatic N) is 4. The summed E-state index contributed by atoms with van der Waals surface area (Å²) in [5, 5.41) is 4.46. The molecular weight excluding hydrogens is 412 g/mol. The van der Waals surface area contributed by atoms with Gasteiger partial charge in [0.25, 0.3) is 5.91 Å². The van der Waals surface area contributed by atoms with Crippen molar-refractivity contribution in [1.82, 2.24) is 19.7 Å². The van der Waals surface area contributed by atoms with Crippen LogP contribution in [0.25, 0.3) is 5.82 Å². The van der Waals surface area contributed by atoms with Crippen LogP contribution in [0, 0.1) is 19.8 Å². The summed E-state index contributed by atoms with van der Waals surface area (Å²) < 4.78 is 11.5. The molecule has 0 unspecified atom stereocenters. The van der Waals surface area contributed by atoms with Gasteiger partial charge in [0.2, 0.25) is 0 Å². The number of aromatic nitrogens is 3. The van der Waals surface area contributed by atoms with Gasteiger partial charge in [-0.1, -0.05) is 11.6 Å². The molecule has 2 aromatic heterocycles. The predicted molar refractivity (Wildman–Crippen MR) is 107 cm³/mol. The molecule has 0 radical (unpaired) electrons. The molecule has 1 saturated heterocycles. The maximum atomic E-state index is 12.5. The number of aryl methyl sites for hydroxylation is 2. The average molecular weight is 435 g/mol. The number of carbonyl (C=O) groups is 3. The van der Waals surface area contributed by atoms with E-state index in [-0.39, 0.29) is 28.5 Å². The second-order valence-electron chi connectivity index (χ2n) is 7.09. The molecule has 1 aliphatic rings. The summed E-state index contributed by atoms with van der Waals surface area (Å²) in [6.07, 6.45) is 1.04. The zero-order chi connectivity index (χ0) is 21.8. The maximum Gasteiger partial charge on any atom is 0.359 e. The van der Waals surface area contributed by atoms with Gasteiger partial charge in [0.05, 0.1) is 23.7 Å². The van der Waals surface area contributed by atoms with Crippen molar-refractivity contribution in [2.24, 2.45) is 5.92 Å². The highest BCUT2D eigenvalue weighted by molar-refractivity contribution is 6.33. The summed E-state index contributed by atoms with van der Waals surface area (Å²) in [6.45, 7) is 4.11. The molecule has 0 atom stereocenters. The van der Waals surface area contributed by atoms with E-state index < -0.39 is 12.6 Å². The number of methoxy groups -OCH3 is 1. The van der Waals surface area contributed by atoms with E-state index >= 15 is 0 Å². The summed E-state index contributed by atoms with van der Waals surface area (Å²) >= 11 is 6.11. The van der Waals surface area contributed by atoms with E-state index in [9.17, 15) is 14.4 Å². The summed E-state index contributed by atoms with van der Waals surface area (Å²) in [6, 6.07) is 5.07. The third kappa shape index (κ3) is 4.79. The molecule has 0 aliphatic carbocycles. The standard InChI is InChI=1S/C20H23ClN4O5/c1-12-10-13(2)25(23-12)16-5-4-15(21)18(22-16)20(28)30-11-17(26)24-8-6-14(7-9-24)19(27)29-3/h4-5,10,14H,6-9,11H2,1-3H3. The van der Waals surface area contributed by atoms with Crippen molar-refractivity contribution in [3.63, 3.8) is 0 Å². The summed E-state index contributed by atoms with van der Waals surface area (Å²) in [5.74, 6) is -1.18. The molecule has 0 aromatic carbocycles. The molecule has 30 heavy (non-hydrogen) atoms. The van der Waals surface area contributed by atoms with Crippen LogP contribution in [0.15, 0.2) is 18.2 Å². The zero-order valence-corrected chi connectivity index (χ0v) is 17.8. The predicted octanol–water partition coefficient (Wildman–Crippen LogP) is 2.11. The number of carbonyl (C=O) groups excluding carboxylic acids is 3. The van der Waals surface area contributed by atoms with Crippen molar-refractivity contribution in [3.05, 3.63) is 40.3 Å². The molecule has 1 aliphatic heterocycles. The van der Waals surface area contributed by atoms with E-state index in [1.165, 1.54) is 13.2 Å². The fraction of sp³-hybridized carbons (Fsp3) is 0.450. The van der Waals surface area contributed by atoms with Crippen LogP contribution in [-0.2, 0) is 19.1 Å². The Kier molecular flexibility index (Phi) is 6.71. The van der Waals surface area contributed by atoms with E-state index in [4.69, 9.17) is 21.1 Å². The number of rotatable bonds is 5. The fourth-order valence-corrected chi connectivity index (χ4v) is 3.55. The van der Waals surface area contributed by atoms with Crippen LogP contribution in [0.4, 0.5) is 0 Å². The Labute approximate surface area is 178 Å². The Morgan fingerprint density at radius 1 is 1.20 bits per heavy atom. The van der Waals surface area contributed by atoms with E-state index in [0.29, 0.717) is 31.7 Å². The smallest absolute Gasteiger partial charge is 0.359 e. The average Bonchev–Trinajstić information content (AvgIpc) is 3.09. The molecule has 9 nitrogen and oxygen atoms in total. The first-order chi connectivity index (χ1) is 14.3. The second kappa shape index (κ2) is 9.25. The van der Waals surface area contributed by atoms with Crippen molar-refractivity contribution in [2.75, 3.05) is 26.8 Å². The third-order valence-electron chi connectivity index (χ3n) is 4.96. The Morgan fingerprint density at radius 3 is 2.50 bits per heavy atom. The highest BCUT2D eigenvalue weighted by Crippen LogP contribution is 2.20. The minimum absolute atomic E-state index is 0.0843. The summed E-state index contributed by atoms with van der Waals surface area (Å²) in [5.41, 5.74) is 1.58. The van der Waals surface area contributed by atoms with Crippen LogP contribution in [0.2, 0.25) is 5.02 Å². The van der Waals surface area contributed by atoms with E-state index in [0.717, 1.165) is 11.4 Å². The topological polar surface area (TPSA) is 104 Å². The maximum absolute atomic E-state index is 12.5. The van der Waals surface area contributed by atoms with Crippen LogP contribution in [0.3, 0.4) is 0 Å². The van der Waals surface area contributed by atoms with Crippen LogP contribution in [-0.4, -0.2) is 64.3 Å². The van der Waals surface area contributed by atoms with Crippen LogP contribution in [0.5, 0.6) is 0 Å². The van der Waals surface area contributed by atoms with Crippen LogP contribution >= 0.6 is 11.6 Å². The lowest BCUT2D eigenvalue weighted by Crippen LogP contribution is -2.42. The van der Waals surface area contributed by atoms with Crippen LogP contribution < -0.4 is 0 Å². The molecular formula is C20H23ClN4O5. The minimum atomic E-state index is -0.791. The molecule has 10 heteroatoms. The Hall–Kier alpha value is -2.94. The highest BCUT2D eigenvalue weighted by Gasteiger charge is 2.28. The van der Waals surface area contributed by atoms with Gasteiger partial charge in [0.15, 0.2) is 18.1 Å². The molecule has 2 aromatic rings. The van der Waals surface area contributed by atoms with E-state index in [1.54, 1.807) is 15.6 Å². The third-order valence-corrected chi connectivity index (χ3v) is 5.27. The highest BCUT2D eigenvalue weighted by atomic mass is 35.5. The largest absolute Gasteiger partial charge is 0.469 e. The number of amides is 1. The SMILES string of the molecule is COC(=O)C1CCN(C(=O)COC(=O)c2nc(-n3nc(C)cc3C)ccc2Cl)CC1. The number of ether oxygens (including phenoxy) is 2. The monoisotopic (exact) mass is 434 g/mol. The van der Waals surface area contributed by atoms with Gasteiger partial charge in [-0.3, -0.25) is 9.59 Å². The molecule has 3 heterocycles. The minimum Gasteiger partial charge on any atom is -0.469 e. The normalized spacial score (nSPS) is 14.5. The lowest BCUT2D eigenvalue weighted by atomic mass is 9.97. The van der Waals surface area contributed by atoms with Gasteiger partial charge in [-0.05, 0) is 44.9 Å². The molecule has 1 fully saturated rings. The molecule has 0 N–H and O–H groups in total. The van der Waals surface area contributed by atoms with Gasteiger partial charge in [-0.15, -0.1) is 0 Å². The first-order valence-corrected chi connectivity index (χ1v) is 9.91. The quantitative estimate of drug-likeness (QED) is 0.664. The summed E-state index contributed by atoms with van der Waals surface area (Å²) in [4.78, 5) is 42.2. The second-order valence-corrected chi connectivity index (χ2v) is 7.50. The van der Waals surface area contributed by atoms with Crippen molar-refractivity contribution < 1.29 is 23.9 Å². The molecule has 0 bridgehead atoms. The number of hydrogen-bond donors (Lipinski definition) is 0. The van der Waals surface area contributed by atoms with E-state index in [2.05, 4.69) is 10.1 Å². The van der Waals surface area contributed by atoms with Gasteiger partial charge < -0.3 is 14.4 Å². The molecule has 0 spiro atoms. The molecule has 1 amide bonds. The summed E-state index contributed by atoms with van der Waals surface area (Å²) in [7, 11) is 1.35. The fourth-order valence-electron chi connectivity index (χ4n) is 3.37. The molecule has 3 rings (SSSR count). The van der Waals surface area contributed by atoms with Gasteiger partial charge in [-0.25, -0.2) is 14.5 Å². The van der Waals surface area contributed by atoms with Gasteiger partial charge in [0.1, 0.15) is 0 Å². The Morgan fingerprint density at radius 2 is 1.90 bits per heavy atom. The first-order valence-electron chi connectivity index (χ1n) is 9.53. The lowest BCUT2D eigenvalue weighted by Gasteiger charge is -2.30. The van der Waals surface area contributed by atoms with Crippen molar-refractivity contribution in [3.8, 4) is 5.82 Å². The Balaban J connectivity index is 1.61. The number of likely N-dealkylation sites (tertiary alicyclic amines) is 1. The lowest BCUT2D eigenvalue weighted by molar-refractivity contribution is -0.149. The number of hydrogen-bond acceptors (Lipinski definition) is 7. The Bertz CT molecular complexity index is 966. The van der Waals surface area contributed by atoms with Crippen LogP contribution in [0.1, 0.15) is 34.7 Å². The number of halogens is 1. The number of esters is 2. The number of piperidine rings is 1. The zero-order valence-electron chi connectivity index (χ0n) is 17.1. The molecule has 160 valence electrons. The molecule has 0 saturated carbocycles. The first kappa shape index (κ1) is 21.8. The number of pyridine rings is 1. The van der Waals surface area contributed by atoms with Gasteiger partial charge in [-0.2, -0.15) is 5.10 Å². The van der Waals surface area contributed by atoms with E-state index in [1.807, 2.05) is 19.9 Å². The van der Waals surface area contributed by atoms with Crippen molar-refractivity contribution in [2.45, 2.75) is 26.7 Å². The van der Waals surface area contributed by atoms with Gasteiger partial charge in [0, 0.05) is 18.8 Å². The van der Waals surface area contributed by atoms with Gasteiger partial charge >= 0.3 is 11.9 Å². The van der Waals surface area contributed by atoms with Crippen molar-refractivity contribution >= 4 is 29.4 Å².